The van der Waals surface area contributed by atoms with Crippen LogP contribution >= 0.6 is 0 Å². The van der Waals surface area contributed by atoms with E-state index in [1.165, 1.54) is 5.56 Å². The van der Waals surface area contributed by atoms with Gasteiger partial charge in [-0.25, -0.2) is 4.68 Å². The van der Waals surface area contributed by atoms with Crippen LogP contribution in [0.4, 0.5) is 0 Å². The molecular formula is C14H21N5. The molecule has 5 heteroatoms. The molecule has 2 atom stereocenters. The highest BCUT2D eigenvalue weighted by atomic mass is 15.5. The van der Waals surface area contributed by atoms with Crippen molar-refractivity contribution in [3.63, 3.8) is 0 Å². The summed E-state index contributed by atoms with van der Waals surface area (Å²) in [6, 6.07) is 10.7. The minimum absolute atomic E-state index is 0.169. The van der Waals surface area contributed by atoms with E-state index < -0.39 is 0 Å². The molecule has 0 saturated heterocycles. The number of nitrogens with zero attached hydrogens (tertiary/aromatic N) is 4. The quantitative estimate of drug-likeness (QED) is 0.863. The SMILES string of the molecule is CNC(C)c1nnnn1CCC(C)c1ccccc1. The van der Waals surface area contributed by atoms with E-state index >= 15 is 0 Å². The van der Waals surface area contributed by atoms with Gasteiger partial charge in [-0.15, -0.1) is 5.10 Å². The summed E-state index contributed by atoms with van der Waals surface area (Å²) in [5.74, 6) is 1.39. The maximum Gasteiger partial charge on any atom is 0.167 e. The summed E-state index contributed by atoms with van der Waals surface area (Å²) in [5.41, 5.74) is 1.36. The molecule has 1 aromatic heterocycles. The molecular weight excluding hydrogens is 238 g/mol. The molecule has 1 N–H and O–H groups in total. The molecule has 0 spiro atoms. The van der Waals surface area contributed by atoms with E-state index in [9.17, 15) is 0 Å². The van der Waals surface area contributed by atoms with Crippen LogP contribution in [0.2, 0.25) is 0 Å². The molecule has 0 aliphatic rings. The smallest absolute Gasteiger partial charge is 0.167 e. The number of hydrogen-bond acceptors (Lipinski definition) is 4. The Morgan fingerprint density at radius 3 is 2.63 bits per heavy atom. The Morgan fingerprint density at radius 1 is 1.21 bits per heavy atom. The van der Waals surface area contributed by atoms with Gasteiger partial charge < -0.3 is 5.32 Å². The van der Waals surface area contributed by atoms with Gasteiger partial charge in [-0.2, -0.15) is 0 Å². The number of aryl methyl sites for hydroxylation is 1. The summed E-state index contributed by atoms with van der Waals surface area (Å²) in [5, 5.41) is 15.1. The molecule has 0 radical (unpaired) electrons. The molecule has 2 aromatic rings. The number of benzene rings is 1. The Labute approximate surface area is 114 Å². The highest BCUT2D eigenvalue weighted by Crippen LogP contribution is 2.19. The highest BCUT2D eigenvalue weighted by molar-refractivity contribution is 5.18. The van der Waals surface area contributed by atoms with Crippen molar-refractivity contribution in [1.82, 2.24) is 25.5 Å². The first-order chi connectivity index (χ1) is 9.22. The standard InChI is InChI=1S/C14H21N5/c1-11(13-7-5-4-6-8-13)9-10-19-14(12(2)15-3)16-17-18-19/h4-8,11-12,15H,9-10H2,1-3H3. The Kier molecular flexibility index (Phi) is 4.63. The van der Waals surface area contributed by atoms with Crippen molar-refractivity contribution in [2.45, 2.75) is 38.8 Å². The van der Waals surface area contributed by atoms with Crippen LogP contribution in [-0.4, -0.2) is 27.3 Å². The predicted octanol–water partition coefficient (Wildman–Crippen LogP) is 2.15. The Balaban J connectivity index is 1.98. The topological polar surface area (TPSA) is 55.6 Å². The second-order valence-corrected chi connectivity index (χ2v) is 4.87. The van der Waals surface area contributed by atoms with Crippen LogP contribution in [0.5, 0.6) is 0 Å². The zero-order chi connectivity index (χ0) is 13.7. The van der Waals surface area contributed by atoms with Crippen molar-refractivity contribution < 1.29 is 0 Å². The van der Waals surface area contributed by atoms with Crippen LogP contribution in [-0.2, 0) is 6.54 Å². The molecule has 0 bridgehead atoms. The lowest BCUT2D eigenvalue weighted by Gasteiger charge is -2.14. The molecule has 19 heavy (non-hydrogen) atoms. The average molecular weight is 259 g/mol. The lowest BCUT2D eigenvalue weighted by molar-refractivity contribution is 0.476. The van der Waals surface area contributed by atoms with Crippen molar-refractivity contribution in [3.05, 3.63) is 41.7 Å². The van der Waals surface area contributed by atoms with Gasteiger partial charge in [0, 0.05) is 6.54 Å². The largest absolute Gasteiger partial charge is 0.311 e. The Hall–Kier alpha value is -1.75. The lowest BCUT2D eigenvalue weighted by Crippen LogP contribution is -2.19. The molecule has 0 aliphatic heterocycles. The fraction of sp³-hybridized carbons (Fsp3) is 0.500. The summed E-state index contributed by atoms with van der Waals surface area (Å²) in [6.45, 7) is 5.13. The first kappa shape index (κ1) is 13.7. The zero-order valence-corrected chi connectivity index (χ0v) is 11.7. The molecule has 102 valence electrons. The van der Waals surface area contributed by atoms with E-state index in [0.29, 0.717) is 5.92 Å². The second kappa shape index (κ2) is 6.43. The van der Waals surface area contributed by atoms with Gasteiger partial charge in [0.2, 0.25) is 0 Å². The van der Waals surface area contributed by atoms with E-state index in [4.69, 9.17) is 0 Å². The molecule has 0 amide bonds. The van der Waals surface area contributed by atoms with Gasteiger partial charge in [0.1, 0.15) is 0 Å². The molecule has 0 fully saturated rings. The predicted molar refractivity (Wildman–Crippen MR) is 74.8 cm³/mol. The Bertz CT molecular complexity index is 494. The summed E-state index contributed by atoms with van der Waals surface area (Å²) < 4.78 is 1.89. The zero-order valence-electron chi connectivity index (χ0n) is 11.7. The van der Waals surface area contributed by atoms with Gasteiger partial charge in [0.05, 0.1) is 6.04 Å². The number of hydrogen-bond donors (Lipinski definition) is 1. The summed E-state index contributed by atoms with van der Waals surface area (Å²) in [4.78, 5) is 0. The van der Waals surface area contributed by atoms with Gasteiger partial charge in [-0.3, -0.25) is 0 Å². The van der Waals surface area contributed by atoms with E-state index in [1.807, 2.05) is 17.8 Å². The van der Waals surface area contributed by atoms with Crippen molar-refractivity contribution in [1.29, 1.82) is 0 Å². The number of nitrogens with one attached hydrogen (secondary N) is 1. The molecule has 1 aromatic carbocycles. The fourth-order valence-corrected chi connectivity index (χ4v) is 2.07. The van der Waals surface area contributed by atoms with Crippen molar-refractivity contribution in [3.8, 4) is 0 Å². The van der Waals surface area contributed by atoms with Crippen LogP contribution < -0.4 is 5.32 Å². The first-order valence-corrected chi connectivity index (χ1v) is 6.70. The van der Waals surface area contributed by atoms with Gasteiger partial charge in [-0.05, 0) is 42.3 Å². The van der Waals surface area contributed by atoms with Crippen LogP contribution in [0.3, 0.4) is 0 Å². The average Bonchev–Trinajstić information content (AvgIpc) is 2.93. The minimum atomic E-state index is 0.169. The van der Waals surface area contributed by atoms with Crippen LogP contribution in [0.1, 0.15) is 43.6 Å². The van der Waals surface area contributed by atoms with E-state index in [0.717, 1.165) is 18.8 Å². The number of rotatable bonds is 6. The summed E-state index contributed by atoms with van der Waals surface area (Å²) in [7, 11) is 1.91. The van der Waals surface area contributed by atoms with Crippen LogP contribution in [0.25, 0.3) is 0 Å². The van der Waals surface area contributed by atoms with Crippen LogP contribution in [0.15, 0.2) is 30.3 Å². The fourth-order valence-electron chi connectivity index (χ4n) is 2.07. The first-order valence-electron chi connectivity index (χ1n) is 6.70. The molecule has 5 nitrogen and oxygen atoms in total. The van der Waals surface area contributed by atoms with Gasteiger partial charge in [0.25, 0.3) is 0 Å². The van der Waals surface area contributed by atoms with Gasteiger partial charge in [0.15, 0.2) is 5.82 Å². The number of aromatic nitrogens is 4. The molecule has 0 aliphatic carbocycles. The third-order valence-electron chi connectivity index (χ3n) is 3.52. The monoisotopic (exact) mass is 259 g/mol. The maximum atomic E-state index is 4.08. The summed E-state index contributed by atoms with van der Waals surface area (Å²) in [6.07, 6.45) is 1.03. The van der Waals surface area contributed by atoms with Crippen molar-refractivity contribution in [2.75, 3.05) is 7.05 Å². The molecule has 1 heterocycles. The molecule has 2 unspecified atom stereocenters. The van der Waals surface area contributed by atoms with Gasteiger partial charge >= 0.3 is 0 Å². The minimum Gasteiger partial charge on any atom is -0.311 e. The van der Waals surface area contributed by atoms with Crippen molar-refractivity contribution >= 4 is 0 Å². The van der Waals surface area contributed by atoms with E-state index in [-0.39, 0.29) is 6.04 Å². The molecule has 2 rings (SSSR count). The highest BCUT2D eigenvalue weighted by Gasteiger charge is 2.13. The maximum absolute atomic E-state index is 4.08. The third kappa shape index (κ3) is 3.38. The third-order valence-corrected chi connectivity index (χ3v) is 3.52. The normalized spacial score (nSPS) is 14.3. The van der Waals surface area contributed by atoms with E-state index in [1.54, 1.807) is 0 Å². The van der Waals surface area contributed by atoms with Crippen LogP contribution in [0, 0.1) is 0 Å². The van der Waals surface area contributed by atoms with Gasteiger partial charge in [-0.1, -0.05) is 37.3 Å². The lowest BCUT2D eigenvalue weighted by atomic mass is 9.98. The second-order valence-electron chi connectivity index (χ2n) is 4.87. The molecule has 0 saturated carbocycles. The summed E-state index contributed by atoms with van der Waals surface area (Å²) >= 11 is 0. The Morgan fingerprint density at radius 2 is 1.95 bits per heavy atom. The van der Waals surface area contributed by atoms with E-state index in [2.05, 4.69) is 59.0 Å². The number of tetrazole rings is 1. The van der Waals surface area contributed by atoms with Crippen molar-refractivity contribution in [2.24, 2.45) is 0 Å².